The molecule has 1 saturated heterocycles. The Morgan fingerprint density at radius 1 is 1.54 bits per heavy atom. The largest absolute Gasteiger partial charge is 0.299 e. The number of nitrogens with zero attached hydrogens (tertiary/aromatic N) is 1. The lowest BCUT2D eigenvalue weighted by Gasteiger charge is -2.40. The highest BCUT2D eigenvalue weighted by Crippen LogP contribution is 2.77. The Labute approximate surface area is 80.8 Å². The summed E-state index contributed by atoms with van der Waals surface area (Å²) in [5.41, 5.74) is 2.10. The maximum absolute atomic E-state index is 4.15. The predicted molar refractivity (Wildman–Crippen MR) is 54.4 cm³/mol. The van der Waals surface area contributed by atoms with Gasteiger partial charge in [0, 0.05) is 12.6 Å². The SMILES string of the molecule is C=C(C)C1C2C(CN1C)C1CC12C. The minimum absolute atomic E-state index is 0.689. The van der Waals surface area contributed by atoms with E-state index < -0.39 is 0 Å². The number of likely N-dealkylation sites (N-methyl/N-ethyl adjacent to an activating group) is 1. The summed E-state index contributed by atoms with van der Waals surface area (Å²) in [6.45, 7) is 10.1. The van der Waals surface area contributed by atoms with Crippen molar-refractivity contribution in [1.82, 2.24) is 4.90 Å². The standard InChI is InChI=1S/C12H19N/c1-7(2)11-10-8(6-13(11)4)9-5-12(9,10)3/h8-11H,1,5-6H2,2-4H3. The zero-order valence-corrected chi connectivity index (χ0v) is 8.88. The van der Waals surface area contributed by atoms with Crippen molar-refractivity contribution in [3.05, 3.63) is 12.2 Å². The number of hydrogen-bond acceptors (Lipinski definition) is 1. The molecule has 0 radical (unpaired) electrons. The highest BCUT2D eigenvalue weighted by atomic mass is 15.2. The lowest BCUT2D eigenvalue weighted by molar-refractivity contribution is 0.103. The van der Waals surface area contributed by atoms with Gasteiger partial charge in [-0.15, -0.1) is 0 Å². The number of likely N-dealkylation sites (tertiary alicyclic amines) is 1. The van der Waals surface area contributed by atoms with Gasteiger partial charge in [0.05, 0.1) is 0 Å². The quantitative estimate of drug-likeness (QED) is 0.555. The zero-order chi connectivity index (χ0) is 9.38. The van der Waals surface area contributed by atoms with Crippen molar-refractivity contribution in [2.24, 2.45) is 23.2 Å². The normalized spacial score (nSPS) is 58.1. The fourth-order valence-electron chi connectivity index (χ4n) is 4.30. The maximum atomic E-state index is 4.15. The van der Waals surface area contributed by atoms with Crippen molar-refractivity contribution >= 4 is 0 Å². The molecule has 72 valence electrons. The molecule has 1 aliphatic heterocycles. The molecule has 0 aromatic rings. The molecular weight excluding hydrogens is 158 g/mol. The molecule has 3 aliphatic rings. The summed E-state index contributed by atoms with van der Waals surface area (Å²) < 4.78 is 0. The van der Waals surface area contributed by atoms with E-state index in [1.54, 1.807) is 0 Å². The van der Waals surface area contributed by atoms with Gasteiger partial charge in [-0.05, 0) is 43.6 Å². The van der Waals surface area contributed by atoms with Crippen molar-refractivity contribution in [2.45, 2.75) is 26.3 Å². The second kappa shape index (κ2) is 2.03. The van der Waals surface area contributed by atoms with Crippen LogP contribution in [0.2, 0.25) is 0 Å². The van der Waals surface area contributed by atoms with Crippen molar-refractivity contribution in [1.29, 1.82) is 0 Å². The number of hydrogen-bond donors (Lipinski definition) is 0. The molecule has 2 aliphatic carbocycles. The Bertz CT molecular complexity index is 283. The van der Waals surface area contributed by atoms with Crippen LogP contribution in [0.1, 0.15) is 20.3 Å². The van der Waals surface area contributed by atoms with E-state index in [2.05, 4.69) is 32.4 Å². The van der Waals surface area contributed by atoms with E-state index in [0.717, 1.165) is 23.2 Å². The molecule has 1 nitrogen and oxygen atoms in total. The van der Waals surface area contributed by atoms with Crippen LogP contribution in [0.15, 0.2) is 12.2 Å². The second-order valence-electron chi connectivity index (χ2n) is 5.74. The molecule has 0 bridgehead atoms. The van der Waals surface area contributed by atoms with E-state index in [-0.39, 0.29) is 0 Å². The van der Waals surface area contributed by atoms with E-state index in [4.69, 9.17) is 0 Å². The van der Waals surface area contributed by atoms with Crippen LogP contribution in [0, 0.1) is 23.2 Å². The fourth-order valence-corrected chi connectivity index (χ4v) is 4.30. The molecule has 0 N–H and O–H groups in total. The Morgan fingerprint density at radius 2 is 2.23 bits per heavy atom. The van der Waals surface area contributed by atoms with Gasteiger partial charge < -0.3 is 0 Å². The van der Waals surface area contributed by atoms with E-state index in [1.165, 1.54) is 18.5 Å². The molecule has 3 fully saturated rings. The lowest BCUT2D eigenvalue weighted by Crippen LogP contribution is -2.41. The monoisotopic (exact) mass is 177 g/mol. The highest BCUT2D eigenvalue weighted by molar-refractivity contribution is 5.28. The van der Waals surface area contributed by atoms with Crippen LogP contribution in [-0.2, 0) is 0 Å². The van der Waals surface area contributed by atoms with Gasteiger partial charge in [0.25, 0.3) is 0 Å². The third kappa shape index (κ3) is 0.735. The van der Waals surface area contributed by atoms with Gasteiger partial charge in [-0.2, -0.15) is 0 Å². The molecule has 2 saturated carbocycles. The van der Waals surface area contributed by atoms with Crippen molar-refractivity contribution < 1.29 is 0 Å². The summed E-state index contributed by atoms with van der Waals surface area (Å²) in [7, 11) is 2.26. The Morgan fingerprint density at radius 3 is 2.85 bits per heavy atom. The molecule has 13 heavy (non-hydrogen) atoms. The van der Waals surface area contributed by atoms with Crippen LogP contribution in [0.5, 0.6) is 0 Å². The maximum Gasteiger partial charge on any atom is 0.0336 e. The topological polar surface area (TPSA) is 3.24 Å². The third-order valence-electron chi connectivity index (χ3n) is 4.90. The van der Waals surface area contributed by atoms with Gasteiger partial charge >= 0.3 is 0 Å². The number of rotatable bonds is 1. The molecular formula is C12H19N. The van der Waals surface area contributed by atoms with E-state index in [1.807, 2.05) is 0 Å². The molecule has 5 unspecified atom stereocenters. The van der Waals surface area contributed by atoms with Crippen molar-refractivity contribution in [2.75, 3.05) is 13.6 Å². The van der Waals surface area contributed by atoms with Crippen LogP contribution in [0.4, 0.5) is 0 Å². The third-order valence-corrected chi connectivity index (χ3v) is 4.90. The van der Waals surface area contributed by atoms with Gasteiger partial charge in [-0.25, -0.2) is 0 Å². The minimum Gasteiger partial charge on any atom is -0.299 e. The number of fused-ring (bicyclic) bond motifs is 4. The first-order chi connectivity index (χ1) is 6.05. The molecule has 0 aromatic carbocycles. The Balaban J connectivity index is 1.91. The second-order valence-corrected chi connectivity index (χ2v) is 5.74. The van der Waals surface area contributed by atoms with Gasteiger partial charge in [-0.1, -0.05) is 19.1 Å². The minimum atomic E-state index is 0.689. The summed E-state index contributed by atoms with van der Waals surface area (Å²) in [6, 6.07) is 0.689. The summed E-state index contributed by atoms with van der Waals surface area (Å²) in [6.07, 6.45) is 1.50. The Hall–Kier alpha value is -0.300. The predicted octanol–water partition coefficient (Wildman–Crippen LogP) is 2.15. The highest BCUT2D eigenvalue weighted by Gasteiger charge is 2.74. The smallest absolute Gasteiger partial charge is 0.0336 e. The molecule has 0 amide bonds. The van der Waals surface area contributed by atoms with E-state index in [9.17, 15) is 0 Å². The summed E-state index contributed by atoms with van der Waals surface area (Å²) >= 11 is 0. The lowest BCUT2D eigenvalue weighted by atomic mass is 9.64. The van der Waals surface area contributed by atoms with Crippen LogP contribution >= 0.6 is 0 Å². The first-order valence-electron chi connectivity index (χ1n) is 5.41. The van der Waals surface area contributed by atoms with Crippen LogP contribution in [0.25, 0.3) is 0 Å². The van der Waals surface area contributed by atoms with Crippen LogP contribution in [0.3, 0.4) is 0 Å². The van der Waals surface area contributed by atoms with E-state index >= 15 is 0 Å². The molecule has 0 spiro atoms. The van der Waals surface area contributed by atoms with Gasteiger partial charge in [-0.3, -0.25) is 4.90 Å². The van der Waals surface area contributed by atoms with Crippen LogP contribution < -0.4 is 0 Å². The first kappa shape index (κ1) is 8.05. The molecule has 5 atom stereocenters. The van der Waals surface area contributed by atoms with Gasteiger partial charge in [0.1, 0.15) is 0 Å². The van der Waals surface area contributed by atoms with E-state index in [0.29, 0.717) is 6.04 Å². The molecule has 3 rings (SSSR count). The molecule has 1 heterocycles. The summed E-state index contributed by atoms with van der Waals surface area (Å²) in [5.74, 6) is 3.03. The summed E-state index contributed by atoms with van der Waals surface area (Å²) in [4.78, 5) is 2.52. The van der Waals surface area contributed by atoms with Gasteiger partial charge in [0.15, 0.2) is 0 Å². The fraction of sp³-hybridized carbons (Fsp3) is 0.833. The van der Waals surface area contributed by atoms with Gasteiger partial charge in [0.2, 0.25) is 0 Å². The average Bonchev–Trinajstić information content (AvgIpc) is 2.48. The van der Waals surface area contributed by atoms with Crippen LogP contribution in [-0.4, -0.2) is 24.5 Å². The first-order valence-corrected chi connectivity index (χ1v) is 5.41. The molecule has 1 heteroatoms. The molecule has 0 aromatic heterocycles. The van der Waals surface area contributed by atoms with Crippen molar-refractivity contribution in [3.63, 3.8) is 0 Å². The average molecular weight is 177 g/mol. The summed E-state index contributed by atoms with van der Waals surface area (Å²) in [5, 5.41) is 0. The van der Waals surface area contributed by atoms with Crippen molar-refractivity contribution in [3.8, 4) is 0 Å². The zero-order valence-electron chi connectivity index (χ0n) is 8.88. The Kier molecular flexibility index (Phi) is 1.26.